The van der Waals surface area contributed by atoms with Gasteiger partial charge in [-0.1, -0.05) is 41.9 Å². The average molecular weight is 505 g/mol. The second-order valence-corrected chi connectivity index (χ2v) is 10.2. The fourth-order valence-electron chi connectivity index (χ4n) is 5.20. The Labute approximate surface area is 215 Å². The third-order valence-corrected chi connectivity index (χ3v) is 7.59. The highest BCUT2D eigenvalue weighted by Gasteiger charge is 2.39. The number of hydrogen-bond acceptors (Lipinski definition) is 6. The Hall–Kier alpha value is -2.84. The van der Waals surface area contributed by atoms with Gasteiger partial charge in [-0.25, -0.2) is 14.6 Å². The molecule has 0 radical (unpaired) electrons. The van der Waals surface area contributed by atoms with Crippen molar-refractivity contribution in [3.05, 3.63) is 82.4 Å². The second-order valence-electron chi connectivity index (χ2n) is 9.80. The standard InChI is InChI=1S/C28H29ClN4O3/c1-18-10-24(28(34-2)8-9-35-17-28)31-26(11-18)33-23-14-25(29)30-15-22(23)27(32-33)20-12-21(13-20)36-16-19-6-4-3-5-7-19/h3-7,10-11,14-15,20-21H,8-9,12-13,16-17H2,1-2H3/t20?,21?,28-/m1/s1. The summed E-state index contributed by atoms with van der Waals surface area (Å²) in [6.07, 6.45) is 4.68. The van der Waals surface area contributed by atoms with Crippen molar-refractivity contribution in [3.63, 3.8) is 0 Å². The molecule has 0 amide bonds. The quantitative estimate of drug-likeness (QED) is 0.309. The number of methoxy groups -OCH3 is 1. The van der Waals surface area contributed by atoms with Gasteiger partial charge in [0, 0.05) is 43.7 Å². The molecule has 2 aliphatic rings. The lowest BCUT2D eigenvalue weighted by molar-refractivity contribution is -0.0246. The number of pyridine rings is 2. The molecular formula is C28H29ClN4O3. The van der Waals surface area contributed by atoms with Crippen LogP contribution < -0.4 is 0 Å². The molecule has 0 N–H and O–H groups in total. The van der Waals surface area contributed by atoms with E-state index in [1.54, 1.807) is 7.11 Å². The molecule has 4 aromatic rings. The molecule has 2 fully saturated rings. The van der Waals surface area contributed by atoms with E-state index in [0.29, 0.717) is 30.9 Å². The monoisotopic (exact) mass is 504 g/mol. The lowest BCUT2D eigenvalue weighted by Crippen LogP contribution is -2.30. The van der Waals surface area contributed by atoms with E-state index < -0.39 is 5.60 Å². The zero-order valence-corrected chi connectivity index (χ0v) is 21.2. The van der Waals surface area contributed by atoms with Crippen LogP contribution in [0.2, 0.25) is 5.15 Å². The maximum absolute atomic E-state index is 6.32. The van der Waals surface area contributed by atoms with E-state index in [-0.39, 0.29) is 6.10 Å². The van der Waals surface area contributed by atoms with Crippen molar-refractivity contribution >= 4 is 22.5 Å². The Bertz CT molecular complexity index is 1380. The van der Waals surface area contributed by atoms with Crippen LogP contribution in [-0.4, -0.2) is 46.2 Å². The Balaban J connectivity index is 1.30. The fraction of sp³-hybridized carbons (Fsp3) is 0.393. The third kappa shape index (κ3) is 4.30. The Kier molecular flexibility index (Phi) is 6.25. The number of aromatic nitrogens is 4. The molecule has 1 aromatic carbocycles. The second kappa shape index (κ2) is 9.56. The summed E-state index contributed by atoms with van der Waals surface area (Å²) >= 11 is 6.32. The number of hydrogen-bond donors (Lipinski definition) is 0. The molecule has 1 aliphatic carbocycles. The normalized spacial score (nSPS) is 23.8. The molecule has 1 saturated carbocycles. The Morgan fingerprint density at radius 2 is 2.00 bits per heavy atom. The summed E-state index contributed by atoms with van der Waals surface area (Å²) in [5.41, 5.74) is 4.52. The van der Waals surface area contributed by atoms with Crippen LogP contribution in [0.4, 0.5) is 0 Å². The molecule has 7 nitrogen and oxygen atoms in total. The molecule has 6 rings (SSSR count). The van der Waals surface area contributed by atoms with Crippen molar-refractivity contribution in [2.75, 3.05) is 20.3 Å². The van der Waals surface area contributed by atoms with Crippen molar-refractivity contribution in [1.82, 2.24) is 19.7 Å². The van der Waals surface area contributed by atoms with Gasteiger partial charge in [-0.3, -0.25) is 0 Å². The minimum absolute atomic E-state index is 0.225. The number of rotatable bonds is 7. The highest BCUT2D eigenvalue weighted by atomic mass is 35.5. The van der Waals surface area contributed by atoms with Crippen LogP contribution in [0.1, 0.15) is 47.7 Å². The SMILES string of the molecule is CO[C@]1(c2cc(C)cc(-n3nc(C4CC(OCc5ccccc5)C4)c4cnc(Cl)cc43)n2)CCOC1. The van der Waals surface area contributed by atoms with Crippen molar-refractivity contribution in [2.45, 2.75) is 50.4 Å². The van der Waals surface area contributed by atoms with E-state index in [4.69, 9.17) is 35.9 Å². The summed E-state index contributed by atoms with van der Waals surface area (Å²) in [5.74, 6) is 1.04. The maximum atomic E-state index is 6.32. The smallest absolute Gasteiger partial charge is 0.154 e. The zero-order chi connectivity index (χ0) is 24.7. The summed E-state index contributed by atoms with van der Waals surface area (Å²) in [6.45, 7) is 3.85. The highest BCUT2D eigenvalue weighted by Crippen LogP contribution is 2.42. The van der Waals surface area contributed by atoms with Gasteiger partial charge in [-0.15, -0.1) is 0 Å². The predicted octanol–water partition coefficient (Wildman–Crippen LogP) is 5.50. The number of benzene rings is 1. The molecule has 1 saturated heterocycles. The molecule has 0 spiro atoms. The first-order chi connectivity index (χ1) is 17.5. The van der Waals surface area contributed by atoms with Crippen LogP contribution in [0.25, 0.3) is 16.7 Å². The van der Waals surface area contributed by atoms with Gasteiger partial charge >= 0.3 is 0 Å². The molecule has 36 heavy (non-hydrogen) atoms. The van der Waals surface area contributed by atoms with Crippen LogP contribution in [0.5, 0.6) is 0 Å². The van der Waals surface area contributed by atoms with Gasteiger partial charge in [-0.05, 0) is 43.0 Å². The van der Waals surface area contributed by atoms with E-state index >= 15 is 0 Å². The summed E-state index contributed by atoms with van der Waals surface area (Å²) in [4.78, 5) is 9.37. The first-order valence-corrected chi connectivity index (χ1v) is 12.7. The van der Waals surface area contributed by atoms with Gasteiger partial charge < -0.3 is 14.2 Å². The number of halogens is 1. The number of nitrogens with zero attached hydrogens (tertiary/aromatic N) is 4. The minimum Gasteiger partial charge on any atom is -0.378 e. The van der Waals surface area contributed by atoms with Crippen LogP contribution in [0.15, 0.2) is 54.7 Å². The predicted molar refractivity (Wildman–Crippen MR) is 138 cm³/mol. The lowest BCUT2D eigenvalue weighted by atomic mass is 9.79. The fourth-order valence-corrected chi connectivity index (χ4v) is 5.35. The maximum Gasteiger partial charge on any atom is 0.154 e. The van der Waals surface area contributed by atoms with E-state index in [9.17, 15) is 0 Å². The van der Waals surface area contributed by atoms with E-state index in [2.05, 4.69) is 30.1 Å². The molecule has 1 aliphatic heterocycles. The molecular weight excluding hydrogens is 476 g/mol. The van der Waals surface area contributed by atoms with E-state index in [0.717, 1.165) is 52.9 Å². The zero-order valence-electron chi connectivity index (χ0n) is 20.5. The molecule has 0 bridgehead atoms. The summed E-state index contributed by atoms with van der Waals surface area (Å²) in [5, 5.41) is 6.49. The third-order valence-electron chi connectivity index (χ3n) is 7.39. The van der Waals surface area contributed by atoms with Gasteiger partial charge in [-0.2, -0.15) is 5.10 Å². The van der Waals surface area contributed by atoms with Crippen LogP contribution in [0, 0.1) is 6.92 Å². The minimum atomic E-state index is -0.539. The summed E-state index contributed by atoms with van der Waals surface area (Å²) in [6, 6.07) is 16.3. The van der Waals surface area contributed by atoms with E-state index in [1.807, 2.05) is 41.2 Å². The summed E-state index contributed by atoms with van der Waals surface area (Å²) in [7, 11) is 1.72. The number of ether oxygens (including phenoxy) is 3. The van der Waals surface area contributed by atoms with Crippen LogP contribution in [-0.2, 0) is 26.4 Å². The highest BCUT2D eigenvalue weighted by molar-refractivity contribution is 6.30. The number of fused-ring (bicyclic) bond motifs is 1. The first kappa shape index (κ1) is 23.6. The molecule has 1 atom stereocenters. The molecule has 4 heterocycles. The largest absolute Gasteiger partial charge is 0.378 e. The molecule has 3 aromatic heterocycles. The Morgan fingerprint density at radius 1 is 1.17 bits per heavy atom. The first-order valence-electron chi connectivity index (χ1n) is 12.4. The summed E-state index contributed by atoms with van der Waals surface area (Å²) < 4.78 is 19.6. The molecule has 186 valence electrons. The van der Waals surface area contributed by atoms with Gasteiger partial charge in [0.15, 0.2) is 5.82 Å². The van der Waals surface area contributed by atoms with Crippen molar-refractivity contribution in [1.29, 1.82) is 0 Å². The van der Waals surface area contributed by atoms with Crippen LogP contribution >= 0.6 is 11.6 Å². The lowest BCUT2D eigenvalue weighted by Gasteiger charge is -2.34. The van der Waals surface area contributed by atoms with Gasteiger partial charge in [0.05, 0.1) is 36.2 Å². The molecule has 8 heteroatoms. The van der Waals surface area contributed by atoms with Crippen molar-refractivity contribution in [2.24, 2.45) is 0 Å². The topological polar surface area (TPSA) is 71.3 Å². The van der Waals surface area contributed by atoms with Gasteiger partial charge in [0.25, 0.3) is 0 Å². The van der Waals surface area contributed by atoms with Crippen molar-refractivity contribution < 1.29 is 14.2 Å². The van der Waals surface area contributed by atoms with Gasteiger partial charge in [0.1, 0.15) is 10.8 Å². The average Bonchev–Trinajstić information content (AvgIpc) is 3.49. The van der Waals surface area contributed by atoms with E-state index in [1.165, 1.54) is 5.56 Å². The van der Waals surface area contributed by atoms with Crippen LogP contribution in [0.3, 0.4) is 0 Å². The number of aryl methyl sites for hydroxylation is 1. The molecule has 0 unspecified atom stereocenters. The van der Waals surface area contributed by atoms with Gasteiger partial charge in [0.2, 0.25) is 0 Å². The Morgan fingerprint density at radius 3 is 2.75 bits per heavy atom. The van der Waals surface area contributed by atoms with Crippen molar-refractivity contribution in [3.8, 4) is 5.82 Å².